The normalized spacial score (nSPS) is 15.1. The average Bonchev–Trinajstić information content (AvgIpc) is 2.38. The quantitative estimate of drug-likeness (QED) is 0.881. The molecule has 0 radical (unpaired) electrons. The van der Waals surface area contributed by atoms with Gasteiger partial charge in [0.25, 0.3) is 0 Å². The van der Waals surface area contributed by atoms with Crippen LogP contribution in [0.2, 0.25) is 0 Å². The molecule has 0 bridgehead atoms. The minimum absolute atomic E-state index is 0.464. The van der Waals surface area contributed by atoms with Crippen molar-refractivity contribution in [3.8, 4) is 11.1 Å². The molecule has 2 heterocycles. The molecule has 0 aliphatic carbocycles. The molecule has 2 aromatic rings. The number of hydrogen-bond donors (Lipinski definition) is 2. The number of aromatic nitrogens is 2. The van der Waals surface area contributed by atoms with Crippen LogP contribution in [0.1, 0.15) is 11.1 Å². The third-order valence-electron chi connectivity index (χ3n) is 3.47. The molecule has 1 aliphatic rings. The predicted molar refractivity (Wildman–Crippen MR) is 77.2 cm³/mol. The van der Waals surface area contributed by atoms with Crippen LogP contribution in [0.25, 0.3) is 11.1 Å². The van der Waals surface area contributed by atoms with E-state index in [2.05, 4.69) is 52.6 Å². The van der Waals surface area contributed by atoms with E-state index in [1.807, 2.05) is 12.4 Å². The number of aryl methyl sites for hydroxylation is 2. The molecule has 0 atom stereocenters. The van der Waals surface area contributed by atoms with Crippen molar-refractivity contribution in [3.05, 3.63) is 41.7 Å². The van der Waals surface area contributed by atoms with Gasteiger partial charge in [-0.3, -0.25) is 0 Å². The molecule has 3 rings (SSSR count). The Morgan fingerprint density at radius 2 is 1.89 bits per heavy atom. The van der Waals surface area contributed by atoms with Crippen molar-refractivity contribution in [2.24, 2.45) is 0 Å². The van der Waals surface area contributed by atoms with Gasteiger partial charge in [-0.25, -0.2) is 9.97 Å². The van der Waals surface area contributed by atoms with Crippen molar-refractivity contribution in [2.45, 2.75) is 19.9 Å². The summed E-state index contributed by atoms with van der Waals surface area (Å²) < 4.78 is 0. The van der Waals surface area contributed by atoms with Crippen LogP contribution >= 0.6 is 0 Å². The Morgan fingerprint density at radius 1 is 1.16 bits per heavy atom. The van der Waals surface area contributed by atoms with Gasteiger partial charge in [-0.15, -0.1) is 0 Å². The summed E-state index contributed by atoms with van der Waals surface area (Å²) in [7, 11) is 0. The number of rotatable bonds is 3. The Balaban J connectivity index is 1.83. The van der Waals surface area contributed by atoms with Gasteiger partial charge >= 0.3 is 0 Å². The number of benzene rings is 1. The van der Waals surface area contributed by atoms with Crippen molar-refractivity contribution in [3.63, 3.8) is 0 Å². The molecule has 1 saturated heterocycles. The molecule has 19 heavy (non-hydrogen) atoms. The molecular formula is C15H18N4. The summed E-state index contributed by atoms with van der Waals surface area (Å²) in [6, 6.07) is 6.90. The molecule has 0 spiro atoms. The molecule has 0 unspecified atom stereocenters. The minimum atomic E-state index is 0.464. The highest BCUT2D eigenvalue weighted by Crippen LogP contribution is 2.23. The van der Waals surface area contributed by atoms with Crippen LogP contribution in [-0.2, 0) is 0 Å². The highest BCUT2D eigenvalue weighted by atomic mass is 15.2. The van der Waals surface area contributed by atoms with Crippen LogP contribution in [-0.4, -0.2) is 29.1 Å². The van der Waals surface area contributed by atoms with Crippen molar-refractivity contribution in [1.82, 2.24) is 15.3 Å². The van der Waals surface area contributed by atoms with Crippen LogP contribution in [0.3, 0.4) is 0 Å². The van der Waals surface area contributed by atoms with Gasteiger partial charge in [0, 0.05) is 31.0 Å². The van der Waals surface area contributed by atoms with E-state index in [-0.39, 0.29) is 0 Å². The zero-order valence-electron chi connectivity index (χ0n) is 11.3. The molecule has 4 heteroatoms. The third kappa shape index (κ3) is 2.58. The highest BCUT2D eigenvalue weighted by Gasteiger charge is 2.16. The first-order valence-corrected chi connectivity index (χ1v) is 6.59. The fraction of sp³-hybridized carbons (Fsp3) is 0.333. The average molecular weight is 254 g/mol. The van der Waals surface area contributed by atoms with Gasteiger partial charge < -0.3 is 10.6 Å². The summed E-state index contributed by atoms with van der Waals surface area (Å²) >= 11 is 0. The first kappa shape index (κ1) is 12.1. The number of nitrogens with one attached hydrogen (secondary N) is 2. The Hall–Kier alpha value is -1.94. The van der Waals surface area contributed by atoms with Gasteiger partial charge in [-0.2, -0.15) is 0 Å². The van der Waals surface area contributed by atoms with Crippen molar-refractivity contribution in [1.29, 1.82) is 0 Å². The fourth-order valence-electron chi connectivity index (χ4n) is 2.16. The van der Waals surface area contributed by atoms with E-state index in [0.29, 0.717) is 12.0 Å². The van der Waals surface area contributed by atoms with E-state index in [9.17, 15) is 0 Å². The van der Waals surface area contributed by atoms with E-state index in [4.69, 9.17) is 0 Å². The van der Waals surface area contributed by atoms with Gasteiger partial charge in [0.05, 0.1) is 6.04 Å². The van der Waals surface area contributed by atoms with E-state index in [0.717, 1.165) is 18.7 Å². The zero-order valence-corrected chi connectivity index (χ0v) is 11.3. The Morgan fingerprint density at radius 3 is 2.53 bits per heavy atom. The van der Waals surface area contributed by atoms with Crippen LogP contribution in [0.4, 0.5) is 5.95 Å². The zero-order chi connectivity index (χ0) is 13.2. The van der Waals surface area contributed by atoms with Gasteiger partial charge in [-0.05, 0) is 25.0 Å². The Bertz CT molecular complexity index is 573. The molecule has 4 nitrogen and oxygen atoms in total. The molecule has 0 saturated carbocycles. The summed E-state index contributed by atoms with van der Waals surface area (Å²) in [5.74, 6) is 0.709. The highest BCUT2D eigenvalue weighted by molar-refractivity contribution is 5.66. The van der Waals surface area contributed by atoms with Gasteiger partial charge in [0.15, 0.2) is 0 Å². The van der Waals surface area contributed by atoms with Crippen molar-refractivity contribution >= 4 is 5.95 Å². The lowest BCUT2D eigenvalue weighted by molar-refractivity contribution is 0.470. The van der Waals surface area contributed by atoms with E-state index >= 15 is 0 Å². The molecule has 1 aliphatic heterocycles. The number of anilines is 1. The lowest BCUT2D eigenvalue weighted by Gasteiger charge is -2.27. The smallest absolute Gasteiger partial charge is 0.222 e. The largest absolute Gasteiger partial charge is 0.349 e. The maximum atomic E-state index is 4.40. The minimum Gasteiger partial charge on any atom is -0.349 e. The summed E-state index contributed by atoms with van der Waals surface area (Å²) in [6.07, 6.45) is 3.78. The molecule has 1 aromatic carbocycles. The van der Waals surface area contributed by atoms with Crippen LogP contribution in [0.5, 0.6) is 0 Å². The molecule has 0 amide bonds. The van der Waals surface area contributed by atoms with Crippen molar-refractivity contribution in [2.75, 3.05) is 18.4 Å². The van der Waals surface area contributed by atoms with Crippen LogP contribution in [0.15, 0.2) is 30.6 Å². The Labute approximate surface area is 113 Å². The first-order chi connectivity index (χ1) is 9.22. The third-order valence-corrected chi connectivity index (χ3v) is 3.47. The monoisotopic (exact) mass is 254 g/mol. The van der Waals surface area contributed by atoms with Gasteiger partial charge in [0.1, 0.15) is 0 Å². The number of hydrogen-bond acceptors (Lipinski definition) is 4. The predicted octanol–water partition coefficient (Wildman–Crippen LogP) is 2.14. The van der Waals surface area contributed by atoms with E-state index in [1.165, 1.54) is 16.7 Å². The maximum Gasteiger partial charge on any atom is 0.222 e. The fourth-order valence-corrected chi connectivity index (χ4v) is 2.16. The molecule has 1 aromatic heterocycles. The molecule has 1 fully saturated rings. The molecular weight excluding hydrogens is 236 g/mol. The molecule has 98 valence electrons. The van der Waals surface area contributed by atoms with E-state index in [1.54, 1.807) is 0 Å². The second-order valence-electron chi connectivity index (χ2n) is 5.11. The number of nitrogens with zero attached hydrogens (tertiary/aromatic N) is 2. The Kier molecular flexibility index (Phi) is 3.17. The second-order valence-corrected chi connectivity index (χ2v) is 5.11. The first-order valence-electron chi connectivity index (χ1n) is 6.59. The SMILES string of the molecule is Cc1ccc(C)c(-c2cnc(NC3CNC3)nc2)c1. The van der Waals surface area contributed by atoms with Crippen LogP contribution in [0, 0.1) is 13.8 Å². The summed E-state index contributed by atoms with van der Waals surface area (Å²) in [5.41, 5.74) is 4.77. The lowest BCUT2D eigenvalue weighted by atomic mass is 10.0. The topological polar surface area (TPSA) is 49.8 Å². The van der Waals surface area contributed by atoms with Gasteiger partial charge in [0.2, 0.25) is 5.95 Å². The second kappa shape index (κ2) is 4.97. The lowest BCUT2D eigenvalue weighted by Crippen LogP contribution is -2.51. The molecule has 2 N–H and O–H groups in total. The van der Waals surface area contributed by atoms with Crippen molar-refractivity contribution < 1.29 is 0 Å². The summed E-state index contributed by atoms with van der Waals surface area (Å²) in [4.78, 5) is 8.80. The van der Waals surface area contributed by atoms with E-state index < -0.39 is 0 Å². The summed E-state index contributed by atoms with van der Waals surface area (Å²) in [5, 5.41) is 6.51. The maximum absolute atomic E-state index is 4.40. The van der Waals surface area contributed by atoms with Gasteiger partial charge in [-0.1, -0.05) is 23.8 Å². The summed E-state index contributed by atoms with van der Waals surface area (Å²) in [6.45, 7) is 6.19. The van der Waals surface area contributed by atoms with Crippen LogP contribution < -0.4 is 10.6 Å². The standard InChI is InChI=1S/C15H18N4/c1-10-3-4-11(2)14(5-10)12-6-17-15(18-7-12)19-13-8-16-9-13/h3-7,13,16H,8-9H2,1-2H3,(H,17,18,19).